The highest BCUT2D eigenvalue weighted by Crippen LogP contribution is 2.30. The SMILES string of the molecule is COc1cc(OC)c(F)c(C#Cc2cnc(Nc3c(C)cccc3N)nc2)c1F. The van der Waals surface area contributed by atoms with Gasteiger partial charge in [0.1, 0.15) is 5.56 Å². The summed E-state index contributed by atoms with van der Waals surface area (Å²) in [5, 5.41) is 3.04. The van der Waals surface area contributed by atoms with E-state index in [4.69, 9.17) is 15.2 Å². The topological polar surface area (TPSA) is 82.3 Å². The number of para-hydroxylation sites is 1. The van der Waals surface area contributed by atoms with Gasteiger partial charge >= 0.3 is 0 Å². The molecule has 0 saturated heterocycles. The standard InChI is InChI=1S/C21H18F2N4O2/c1-12-5-4-6-15(24)20(12)27-21-25-10-13(11-26-21)7-8-14-18(22)16(28-2)9-17(29-3)19(14)23/h4-6,9-11H,24H2,1-3H3,(H,25,26,27). The quantitative estimate of drug-likeness (QED) is 0.516. The maximum absolute atomic E-state index is 14.4. The molecule has 8 heteroatoms. The van der Waals surface area contributed by atoms with Crippen molar-refractivity contribution in [2.75, 3.05) is 25.3 Å². The summed E-state index contributed by atoms with van der Waals surface area (Å²) in [6.45, 7) is 1.91. The molecular weight excluding hydrogens is 378 g/mol. The Balaban J connectivity index is 1.88. The lowest BCUT2D eigenvalue weighted by Gasteiger charge is -2.10. The number of halogens is 2. The van der Waals surface area contributed by atoms with Gasteiger partial charge in [0.25, 0.3) is 0 Å². The Morgan fingerprint density at radius 2 is 1.62 bits per heavy atom. The van der Waals surface area contributed by atoms with Gasteiger partial charge in [0.2, 0.25) is 5.95 Å². The number of hydrogen-bond donors (Lipinski definition) is 2. The second kappa shape index (κ2) is 8.44. The number of rotatable bonds is 4. The number of methoxy groups -OCH3 is 2. The van der Waals surface area contributed by atoms with Crippen molar-refractivity contribution < 1.29 is 18.3 Å². The van der Waals surface area contributed by atoms with Gasteiger partial charge in [0, 0.05) is 18.5 Å². The predicted octanol–water partition coefficient (Wildman–Crippen LogP) is 3.81. The highest BCUT2D eigenvalue weighted by atomic mass is 19.1. The molecule has 148 valence electrons. The van der Waals surface area contributed by atoms with Gasteiger partial charge in [0.15, 0.2) is 23.1 Å². The fourth-order valence-electron chi connectivity index (χ4n) is 2.56. The maximum Gasteiger partial charge on any atom is 0.227 e. The Morgan fingerprint density at radius 3 is 2.17 bits per heavy atom. The number of aryl methyl sites for hydroxylation is 1. The first-order valence-electron chi connectivity index (χ1n) is 8.50. The van der Waals surface area contributed by atoms with Crippen LogP contribution in [0, 0.1) is 30.4 Å². The number of hydrogen-bond acceptors (Lipinski definition) is 6. The monoisotopic (exact) mass is 396 g/mol. The van der Waals surface area contributed by atoms with Crippen LogP contribution in [0.4, 0.5) is 26.1 Å². The lowest BCUT2D eigenvalue weighted by Crippen LogP contribution is -2.02. The van der Waals surface area contributed by atoms with Gasteiger partial charge < -0.3 is 20.5 Å². The van der Waals surface area contributed by atoms with Crippen molar-refractivity contribution in [2.45, 2.75) is 6.92 Å². The molecule has 0 spiro atoms. The summed E-state index contributed by atoms with van der Waals surface area (Å²) in [6, 6.07) is 6.64. The Labute approximate surface area is 166 Å². The molecule has 0 bridgehead atoms. The van der Waals surface area contributed by atoms with Crippen molar-refractivity contribution in [3.63, 3.8) is 0 Å². The Hall–Kier alpha value is -3.86. The molecule has 0 atom stereocenters. The van der Waals surface area contributed by atoms with E-state index in [1.54, 1.807) is 6.07 Å². The van der Waals surface area contributed by atoms with Crippen molar-refractivity contribution in [1.29, 1.82) is 0 Å². The van der Waals surface area contributed by atoms with E-state index in [-0.39, 0.29) is 11.5 Å². The third kappa shape index (κ3) is 4.19. The van der Waals surface area contributed by atoms with Crippen LogP contribution in [0.3, 0.4) is 0 Å². The Kier molecular flexibility index (Phi) is 5.79. The minimum Gasteiger partial charge on any atom is -0.493 e. The zero-order valence-corrected chi connectivity index (χ0v) is 16.0. The normalized spacial score (nSPS) is 10.1. The van der Waals surface area contributed by atoms with Crippen LogP contribution in [0.15, 0.2) is 36.7 Å². The molecule has 29 heavy (non-hydrogen) atoms. The summed E-state index contributed by atoms with van der Waals surface area (Å²) in [6.07, 6.45) is 2.87. The largest absolute Gasteiger partial charge is 0.493 e. The predicted molar refractivity (Wildman–Crippen MR) is 106 cm³/mol. The molecule has 6 nitrogen and oxygen atoms in total. The van der Waals surface area contributed by atoms with Crippen LogP contribution in [0.2, 0.25) is 0 Å². The molecule has 0 amide bonds. The summed E-state index contributed by atoms with van der Waals surface area (Å²) in [4.78, 5) is 8.33. The van der Waals surface area contributed by atoms with Crippen molar-refractivity contribution in [3.05, 3.63) is 65.0 Å². The van der Waals surface area contributed by atoms with E-state index in [1.807, 2.05) is 19.1 Å². The lowest BCUT2D eigenvalue weighted by atomic mass is 10.1. The number of nitrogen functional groups attached to an aromatic ring is 1. The van der Waals surface area contributed by atoms with Gasteiger partial charge in [-0.3, -0.25) is 0 Å². The van der Waals surface area contributed by atoms with Crippen molar-refractivity contribution in [1.82, 2.24) is 9.97 Å². The molecule has 1 aromatic heterocycles. The van der Waals surface area contributed by atoms with Crippen LogP contribution in [-0.2, 0) is 0 Å². The van der Waals surface area contributed by atoms with Gasteiger partial charge in [-0.1, -0.05) is 24.0 Å². The summed E-state index contributed by atoms with van der Waals surface area (Å²) in [5.74, 6) is 3.26. The maximum atomic E-state index is 14.4. The van der Waals surface area contributed by atoms with Crippen molar-refractivity contribution in [3.8, 4) is 23.3 Å². The van der Waals surface area contributed by atoms with Crippen LogP contribution >= 0.6 is 0 Å². The van der Waals surface area contributed by atoms with Gasteiger partial charge in [-0.2, -0.15) is 0 Å². The third-order valence-corrected chi connectivity index (χ3v) is 4.10. The van der Waals surface area contributed by atoms with E-state index in [1.165, 1.54) is 26.6 Å². The highest BCUT2D eigenvalue weighted by Gasteiger charge is 2.18. The summed E-state index contributed by atoms with van der Waals surface area (Å²) in [7, 11) is 2.54. The minimum absolute atomic E-state index is 0.167. The van der Waals surface area contributed by atoms with Gasteiger partial charge in [-0.25, -0.2) is 18.7 Å². The molecule has 1 heterocycles. The van der Waals surface area contributed by atoms with Gasteiger partial charge in [-0.15, -0.1) is 0 Å². The van der Waals surface area contributed by atoms with E-state index < -0.39 is 17.2 Å². The van der Waals surface area contributed by atoms with Gasteiger partial charge in [0.05, 0.1) is 31.2 Å². The molecule has 3 rings (SSSR count). The number of benzene rings is 2. The fraction of sp³-hybridized carbons (Fsp3) is 0.143. The number of ether oxygens (including phenoxy) is 2. The van der Waals surface area contributed by atoms with Crippen LogP contribution in [0.5, 0.6) is 11.5 Å². The zero-order chi connectivity index (χ0) is 21.0. The summed E-state index contributed by atoms with van der Waals surface area (Å²) < 4.78 is 38.5. The molecule has 3 aromatic rings. The molecule has 0 aliphatic carbocycles. The second-order valence-electron chi connectivity index (χ2n) is 5.99. The average Bonchev–Trinajstić information content (AvgIpc) is 2.72. The smallest absolute Gasteiger partial charge is 0.227 e. The van der Waals surface area contributed by atoms with Crippen LogP contribution in [0.25, 0.3) is 0 Å². The van der Waals surface area contributed by atoms with Crippen molar-refractivity contribution >= 4 is 17.3 Å². The number of nitrogens with one attached hydrogen (secondary N) is 1. The highest BCUT2D eigenvalue weighted by molar-refractivity contribution is 5.73. The number of anilines is 3. The second-order valence-corrected chi connectivity index (χ2v) is 5.99. The first kappa shape index (κ1) is 19.9. The first-order chi connectivity index (χ1) is 13.9. The van der Waals surface area contributed by atoms with E-state index >= 15 is 0 Å². The third-order valence-electron chi connectivity index (χ3n) is 4.10. The van der Waals surface area contributed by atoms with Gasteiger partial charge in [-0.05, 0) is 18.6 Å². The van der Waals surface area contributed by atoms with Crippen LogP contribution in [-0.4, -0.2) is 24.2 Å². The van der Waals surface area contributed by atoms with E-state index in [9.17, 15) is 8.78 Å². The number of nitrogens with zero attached hydrogens (tertiary/aromatic N) is 2. The summed E-state index contributed by atoms with van der Waals surface area (Å²) >= 11 is 0. The Bertz CT molecular complexity index is 1060. The molecule has 3 N–H and O–H groups in total. The van der Waals surface area contributed by atoms with Crippen LogP contribution in [0.1, 0.15) is 16.7 Å². The molecule has 0 saturated carbocycles. The molecule has 0 aliphatic rings. The molecule has 0 aliphatic heterocycles. The minimum atomic E-state index is -0.910. The Morgan fingerprint density at radius 1 is 1.00 bits per heavy atom. The molecule has 0 radical (unpaired) electrons. The fourth-order valence-corrected chi connectivity index (χ4v) is 2.56. The van der Waals surface area contributed by atoms with Crippen LogP contribution < -0.4 is 20.5 Å². The van der Waals surface area contributed by atoms with E-state index in [2.05, 4.69) is 27.1 Å². The lowest BCUT2D eigenvalue weighted by molar-refractivity contribution is 0.357. The first-order valence-corrected chi connectivity index (χ1v) is 8.50. The van der Waals surface area contributed by atoms with E-state index in [0.717, 1.165) is 11.6 Å². The zero-order valence-electron chi connectivity index (χ0n) is 16.0. The molecule has 2 aromatic carbocycles. The van der Waals surface area contributed by atoms with E-state index in [0.29, 0.717) is 22.9 Å². The molecule has 0 fully saturated rings. The molecular formula is C21H18F2N4O2. The average molecular weight is 396 g/mol. The number of aromatic nitrogens is 2. The molecule has 0 unspecified atom stereocenters. The van der Waals surface area contributed by atoms with Crippen molar-refractivity contribution in [2.24, 2.45) is 0 Å². The summed E-state index contributed by atoms with van der Waals surface area (Å²) in [5.41, 5.74) is 8.08. The number of nitrogens with two attached hydrogens (primary N) is 1.